The number of pyridine rings is 1. The maximum atomic E-state index is 12.0. The van der Waals surface area contributed by atoms with Gasteiger partial charge in [-0.25, -0.2) is 9.78 Å². The van der Waals surface area contributed by atoms with Crippen LogP contribution in [0.25, 0.3) is 5.57 Å². The molecule has 2 aliphatic carbocycles. The number of aromatic carboxylic acids is 1. The van der Waals surface area contributed by atoms with Crippen LogP contribution in [-0.2, 0) is 0 Å². The third-order valence-electron chi connectivity index (χ3n) is 8.90. The molecule has 3 aromatic rings. The number of halogens is 1. The van der Waals surface area contributed by atoms with E-state index in [0.29, 0.717) is 28.6 Å². The quantitative estimate of drug-likeness (QED) is 0.283. The SMILES string of the molecule is CC1(C)CCC(CN2CCN(c3ccc(C(=O)O)c(Oc4cnc(N)c(C5CC5)c4)c3)CC2)=C(c2ccc(Cl)cc2)C1. The second-order valence-electron chi connectivity index (χ2n) is 12.7. The maximum Gasteiger partial charge on any atom is 0.339 e. The van der Waals surface area contributed by atoms with Gasteiger partial charge in [0.1, 0.15) is 22.9 Å². The standard InChI is InChI=1S/C34H39ClN4O3/c1-34(2)12-11-24(30(19-34)23-5-7-25(35)8-6-23)21-38-13-15-39(16-14-38)26-9-10-28(33(40)41)31(17-26)42-27-18-29(22-3-4-22)32(36)37-20-27/h5-10,17-18,20,22H,3-4,11-16,19,21H2,1-2H3,(H2,36,37)(H,40,41). The first-order chi connectivity index (χ1) is 20.1. The van der Waals surface area contributed by atoms with Crippen LogP contribution in [0.4, 0.5) is 11.5 Å². The number of hydrogen-bond donors (Lipinski definition) is 2. The first-order valence-electron chi connectivity index (χ1n) is 14.9. The summed E-state index contributed by atoms with van der Waals surface area (Å²) in [5.41, 5.74) is 12.7. The number of allylic oxidation sites excluding steroid dienone is 1. The van der Waals surface area contributed by atoms with E-state index in [1.165, 1.54) is 23.1 Å². The Kier molecular flexibility index (Phi) is 7.90. The van der Waals surface area contributed by atoms with Gasteiger partial charge in [-0.2, -0.15) is 0 Å². The summed E-state index contributed by atoms with van der Waals surface area (Å²) >= 11 is 6.19. The van der Waals surface area contributed by atoms with Gasteiger partial charge in [0, 0.05) is 55.1 Å². The Bertz CT molecular complexity index is 1510. The average Bonchev–Trinajstić information content (AvgIpc) is 3.81. The van der Waals surface area contributed by atoms with Gasteiger partial charge in [0.15, 0.2) is 0 Å². The number of aromatic nitrogens is 1. The highest BCUT2D eigenvalue weighted by Gasteiger charge is 2.30. The molecule has 220 valence electrons. The molecule has 1 aromatic heterocycles. The largest absolute Gasteiger partial charge is 0.478 e. The van der Waals surface area contributed by atoms with Gasteiger partial charge in [-0.3, -0.25) is 4.90 Å². The van der Waals surface area contributed by atoms with Gasteiger partial charge in [-0.15, -0.1) is 0 Å². The highest BCUT2D eigenvalue weighted by molar-refractivity contribution is 6.30. The number of carboxylic acid groups (broad SMARTS) is 1. The highest BCUT2D eigenvalue weighted by atomic mass is 35.5. The van der Waals surface area contributed by atoms with Gasteiger partial charge in [0.2, 0.25) is 0 Å². The number of nitrogen functional groups attached to an aromatic ring is 1. The molecule has 2 heterocycles. The summed E-state index contributed by atoms with van der Waals surface area (Å²) in [5.74, 6) is 0.741. The minimum absolute atomic E-state index is 0.129. The first-order valence-corrected chi connectivity index (χ1v) is 15.3. The van der Waals surface area contributed by atoms with Gasteiger partial charge in [0.05, 0.1) is 6.20 Å². The summed E-state index contributed by atoms with van der Waals surface area (Å²) in [6.45, 7) is 9.28. The zero-order valence-electron chi connectivity index (χ0n) is 24.4. The summed E-state index contributed by atoms with van der Waals surface area (Å²) in [6, 6.07) is 15.6. The number of benzene rings is 2. The van der Waals surface area contributed by atoms with E-state index in [4.69, 9.17) is 22.1 Å². The smallest absolute Gasteiger partial charge is 0.339 e. The number of anilines is 2. The van der Waals surface area contributed by atoms with E-state index in [2.05, 4.69) is 40.8 Å². The Morgan fingerprint density at radius 1 is 1.10 bits per heavy atom. The average molecular weight is 587 g/mol. The molecule has 1 aliphatic heterocycles. The molecule has 0 atom stereocenters. The number of nitrogens with two attached hydrogens (primary N) is 1. The molecule has 6 rings (SSSR count). The third kappa shape index (κ3) is 6.42. The van der Waals surface area contributed by atoms with Crippen molar-refractivity contribution >= 4 is 34.6 Å². The zero-order chi connectivity index (χ0) is 29.4. The van der Waals surface area contributed by atoms with Crippen molar-refractivity contribution in [3.8, 4) is 11.5 Å². The van der Waals surface area contributed by atoms with Crippen LogP contribution in [0, 0.1) is 5.41 Å². The second-order valence-corrected chi connectivity index (χ2v) is 13.1. The minimum atomic E-state index is -1.02. The summed E-state index contributed by atoms with van der Waals surface area (Å²) in [6.07, 6.45) is 7.14. The van der Waals surface area contributed by atoms with Crippen molar-refractivity contribution in [1.82, 2.24) is 9.88 Å². The highest BCUT2D eigenvalue weighted by Crippen LogP contribution is 2.45. The zero-order valence-corrected chi connectivity index (χ0v) is 25.2. The number of rotatable bonds is 8. The molecule has 2 aromatic carbocycles. The fourth-order valence-electron chi connectivity index (χ4n) is 6.24. The van der Waals surface area contributed by atoms with Crippen LogP contribution in [-0.4, -0.2) is 53.7 Å². The van der Waals surface area contributed by atoms with Crippen molar-refractivity contribution < 1.29 is 14.6 Å². The summed E-state index contributed by atoms with van der Waals surface area (Å²) < 4.78 is 6.13. The second kappa shape index (κ2) is 11.6. The molecule has 42 heavy (non-hydrogen) atoms. The van der Waals surface area contributed by atoms with Crippen LogP contribution in [0.2, 0.25) is 5.02 Å². The van der Waals surface area contributed by atoms with E-state index in [-0.39, 0.29) is 5.56 Å². The van der Waals surface area contributed by atoms with E-state index in [1.807, 2.05) is 30.3 Å². The molecular formula is C34H39ClN4O3. The molecule has 0 radical (unpaired) electrons. The molecule has 1 saturated carbocycles. The van der Waals surface area contributed by atoms with Gasteiger partial charge < -0.3 is 20.5 Å². The van der Waals surface area contributed by atoms with Crippen LogP contribution in [0.5, 0.6) is 11.5 Å². The number of carboxylic acids is 1. The molecule has 0 spiro atoms. The van der Waals surface area contributed by atoms with Crippen LogP contribution in [0.15, 0.2) is 60.3 Å². The van der Waals surface area contributed by atoms with E-state index in [9.17, 15) is 9.90 Å². The summed E-state index contributed by atoms with van der Waals surface area (Å²) in [5, 5.41) is 10.6. The molecule has 0 unspecified atom stereocenters. The number of carbonyl (C=O) groups is 1. The molecule has 8 heteroatoms. The van der Waals surface area contributed by atoms with Crippen molar-refractivity contribution in [2.24, 2.45) is 5.41 Å². The van der Waals surface area contributed by atoms with Gasteiger partial charge in [-0.1, -0.05) is 43.2 Å². The predicted octanol–water partition coefficient (Wildman–Crippen LogP) is 7.47. The lowest BCUT2D eigenvalue weighted by Crippen LogP contribution is -2.47. The molecule has 3 aliphatic rings. The lowest BCUT2D eigenvalue weighted by Gasteiger charge is -2.39. The first kappa shape index (κ1) is 28.6. The molecule has 7 nitrogen and oxygen atoms in total. The normalized spacial score (nSPS) is 19.2. The van der Waals surface area contributed by atoms with Crippen molar-refractivity contribution in [2.75, 3.05) is 43.4 Å². The van der Waals surface area contributed by atoms with Crippen molar-refractivity contribution in [1.29, 1.82) is 0 Å². The fraction of sp³-hybridized carbons (Fsp3) is 0.412. The van der Waals surface area contributed by atoms with Gasteiger partial charge >= 0.3 is 5.97 Å². The molecule has 0 amide bonds. The van der Waals surface area contributed by atoms with E-state index in [1.54, 1.807) is 12.3 Å². The number of nitrogens with zero attached hydrogens (tertiary/aromatic N) is 3. The van der Waals surface area contributed by atoms with E-state index in [0.717, 1.165) is 74.7 Å². The Morgan fingerprint density at radius 2 is 1.83 bits per heavy atom. The number of hydrogen-bond acceptors (Lipinski definition) is 6. The Hall–Kier alpha value is -3.55. The van der Waals surface area contributed by atoms with Crippen LogP contribution >= 0.6 is 11.6 Å². The predicted molar refractivity (Wildman–Crippen MR) is 169 cm³/mol. The van der Waals surface area contributed by atoms with E-state index >= 15 is 0 Å². The lowest BCUT2D eigenvalue weighted by atomic mass is 9.72. The minimum Gasteiger partial charge on any atom is -0.478 e. The van der Waals surface area contributed by atoms with Crippen molar-refractivity contribution in [3.05, 3.63) is 82.0 Å². The Labute approximate surface area is 252 Å². The Morgan fingerprint density at radius 3 is 2.52 bits per heavy atom. The molecule has 2 fully saturated rings. The third-order valence-corrected chi connectivity index (χ3v) is 9.15. The molecule has 1 saturated heterocycles. The van der Waals surface area contributed by atoms with Crippen molar-refractivity contribution in [2.45, 2.75) is 51.9 Å². The van der Waals surface area contributed by atoms with Gasteiger partial charge in [0.25, 0.3) is 0 Å². The summed E-state index contributed by atoms with van der Waals surface area (Å²) in [7, 11) is 0. The maximum absolute atomic E-state index is 12.0. The number of piperazine rings is 1. The van der Waals surface area contributed by atoms with Crippen molar-refractivity contribution in [3.63, 3.8) is 0 Å². The Balaban J connectivity index is 1.16. The van der Waals surface area contributed by atoms with Crippen LogP contribution in [0.3, 0.4) is 0 Å². The molecule has 3 N–H and O–H groups in total. The van der Waals surface area contributed by atoms with Crippen LogP contribution in [0.1, 0.15) is 73.4 Å². The summed E-state index contributed by atoms with van der Waals surface area (Å²) in [4.78, 5) is 21.2. The molecule has 0 bridgehead atoms. The number of ether oxygens (including phenoxy) is 1. The topological polar surface area (TPSA) is 91.9 Å². The monoisotopic (exact) mass is 586 g/mol. The lowest BCUT2D eigenvalue weighted by molar-refractivity contribution is 0.0694. The van der Waals surface area contributed by atoms with Crippen LogP contribution < -0.4 is 15.4 Å². The fourth-order valence-corrected chi connectivity index (χ4v) is 6.37. The van der Waals surface area contributed by atoms with E-state index < -0.39 is 5.97 Å². The molecular weight excluding hydrogens is 548 g/mol. The van der Waals surface area contributed by atoms with Gasteiger partial charge in [-0.05, 0) is 84.9 Å².